The number of carbonyl (C=O) groups is 1. The maximum atomic E-state index is 11.5. The number of carboxylic acids is 1. The van der Waals surface area contributed by atoms with Gasteiger partial charge in [0.1, 0.15) is 5.82 Å². The monoisotopic (exact) mass is 364 g/mol. The zero-order valence-electron chi connectivity index (χ0n) is 14.3. The molecule has 0 spiro atoms. The second-order valence-corrected chi connectivity index (χ2v) is 5.75. The largest absolute Gasteiger partial charge is 0.544 e. The Labute approximate surface area is 149 Å². The standard InChI is InChI=1S/C16H19N3O5S/c1-5-12-17-16(19-18-12)25-11(15(20)21)8-9-6-7-10(22-2)14(24-4)13(9)23-3/h6-8H,5H2,1-4H3,(H,20,21)(H,17,18,19)/p-1/b11-8-. The van der Waals surface area contributed by atoms with E-state index >= 15 is 0 Å². The van der Waals surface area contributed by atoms with Crippen LogP contribution in [0.4, 0.5) is 0 Å². The first kappa shape index (κ1) is 18.7. The van der Waals surface area contributed by atoms with Crippen molar-refractivity contribution in [1.82, 2.24) is 15.2 Å². The molecule has 134 valence electrons. The number of carbonyl (C=O) groups excluding carboxylic acids is 1. The molecule has 0 aliphatic rings. The van der Waals surface area contributed by atoms with E-state index in [9.17, 15) is 9.90 Å². The topological polar surface area (TPSA) is 109 Å². The van der Waals surface area contributed by atoms with Gasteiger partial charge in [-0.3, -0.25) is 5.10 Å². The van der Waals surface area contributed by atoms with Crippen molar-refractivity contribution in [2.75, 3.05) is 21.3 Å². The van der Waals surface area contributed by atoms with Crippen LogP contribution in [0.25, 0.3) is 6.08 Å². The number of aliphatic carboxylic acids is 1. The molecule has 0 saturated heterocycles. The normalized spacial score (nSPS) is 11.3. The van der Waals surface area contributed by atoms with Crippen LogP contribution in [-0.2, 0) is 11.2 Å². The number of aromatic amines is 1. The number of ether oxygens (including phenoxy) is 3. The Bertz CT molecular complexity index is 788. The van der Waals surface area contributed by atoms with E-state index in [1.807, 2.05) is 6.92 Å². The molecule has 2 aromatic rings. The Balaban J connectivity index is 2.44. The van der Waals surface area contributed by atoms with Crippen molar-refractivity contribution in [2.24, 2.45) is 0 Å². The number of benzene rings is 1. The minimum Gasteiger partial charge on any atom is -0.544 e. The van der Waals surface area contributed by atoms with Gasteiger partial charge in [0, 0.05) is 16.9 Å². The number of carboxylic acid groups (broad SMARTS) is 1. The minimum atomic E-state index is -1.34. The average molecular weight is 364 g/mol. The van der Waals surface area contributed by atoms with E-state index in [4.69, 9.17) is 14.2 Å². The van der Waals surface area contributed by atoms with Crippen LogP contribution in [0.1, 0.15) is 18.3 Å². The third kappa shape index (κ3) is 4.24. The van der Waals surface area contributed by atoms with Gasteiger partial charge in [-0.1, -0.05) is 6.92 Å². The van der Waals surface area contributed by atoms with E-state index in [1.165, 1.54) is 27.4 Å². The van der Waals surface area contributed by atoms with Gasteiger partial charge < -0.3 is 24.1 Å². The summed E-state index contributed by atoms with van der Waals surface area (Å²) in [7, 11) is 4.44. The van der Waals surface area contributed by atoms with Gasteiger partial charge in [-0.05, 0) is 30.0 Å². The molecule has 0 aliphatic carbocycles. The molecule has 1 aromatic heterocycles. The second-order valence-electron chi connectivity index (χ2n) is 4.74. The maximum Gasteiger partial charge on any atom is 0.213 e. The molecule has 0 radical (unpaired) electrons. The predicted molar refractivity (Wildman–Crippen MR) is 90.7 cm³/mol. The summed E-state index contributed by atoms with van der Waals surface area (Å²) in [6.45, 7) is 1.92. The summed E-state index contributed by atoms with van der Waals surface area (Å²) in [6, 6.07) is 3.33. The van der Waals surface area contributed by atoms with E-state index in [-0.39, 0.29) is 4.91 Å². The van der Waals surface area contributed by atoms with Gasteiger partial charge in [0.05, 0.1) is 27.3 Å². The number of nitrogens with zero attached hydrogens (tertiary/aromatic N) is 2. The third-order valence-corrected chi connectivity index (χ3v) is 4.14. The van der Waals surface area contributed by atoms with Crippen LogP contribution in [0.3, 0.4) is 0 Å². The van der Waals surface area contributed by atoms with Crippen molar-refractivity contribution in [3.05, 3.63) is 28.4 Å². The molecule has 9 heteroatoms. The summed E-state index contributed by atoms with van der Waals surface area (Å²) < 4.78 is 15.9. The number of hydrogen-bond donors (Lipinski definition) is 1. The number of thioether (sulfide) groups is 1. The van der Waals surface area contributed by atoms with Gasteiger partial charge in [-0.15, -0.1) is 5.10 Å². The first-order valence-electron chi connectivity index (χ1n) is 7.35. The van der Waals surface area contributed by atoms with Crippen molar-refractivity contribution in [1.29, 1.82) is 0 Å². The number of rotatable bonds is 8. The lowest BCUT2D eigenvalue weighted by Gasteiger charge is -2.15. The van der Waals surface area contributed by atoms with Crippen LogP contribution >= 0.6 is 11.8 Å². The van der Waals surface area contributed by atoms with E-state index in [1.54, 1.807) is 12.1 Å². The summed E-state index contributed by atoms with van der Waals surface area (Å²) in [5.41, 5.74) is 0.498. The van der Waals surface area contributed by atoms with Gasteiger partial charge in [-0.25, -0.2) is 4.98 Å². The molecular formula is C16H18N3O5S-. The van der Waals surface area contributed by atoms with Crippen LogP contribution in [0.15, 0.2) is 22.2 Å². The summed E-state index contributed by atoms with van der Waals surface area (Å²) in [4.78, 5) is 15.6. The first-order chi connectivity index (χ1) is 12.0. The van der Waals surface area contributed by atoms with E-state index in [2.05, 4.69) is 15.2 Å². The molecule has 0 aliphatic heterocycles. The summed E-state index contributed by atoms with van der Waals surface area (Å²) in [5, 5.41) is 18.5. The smallest absolute Gasteiger partial charge is 0.213 e. The predicted octanol–water partition coefficient (Wildman–Crippen LogP) is 1.28. The average Bonchev–Trinajstić information content (AvgIpc) is 3.07. The number of hydrogen-bond acceptors (Lipinski definition) is 8. The van der Waals surface area contributed by atoms with Gasteiger partial charge >= 0.3 is 0 Å². The van der Waals surface area contributed by atoms with E-state index in [0.29, 0.717) is 40.2 Å². The quantitative estimate of drug-likeness (QED) is 0.551. The number of nitrogens with one attached hydrogen (secondary N) is 1. The Morgan fingerprint density at radius 3 is 2.48 bits per heavy atom. The van der Waals surface area contributed by atoms with Crippen LogP contribution in [0, 0.1) is 0 Å². The fourth-order valence-corrected chi connectivity index (χ4v) is 2.80. The van der Waals surface area contributed by atoms with Crippen molar-refractivity contribution in [3.8, 4) is 17.2 Å². The molecule has 2 rings (SSSR count). The van der Waals surface area contributed by atoms with Crippen molar-refractivity contribution >= 4 is 23.8 Å². The fourth-order valence-electron chi connectivity index (χ4n) is 2.09. The Morgan fingerprint density at radius 1 is 1.24 bits per heavy atom. The molecule has 0 atom stereocenters. The van der Waals surface area contributed by atoms with Gasteiger partial charge in [-0.2, -0.15) is 0 Å². The van der Waals surface area contributed by atoms with Crippen LogP contribution in [0.2, 0.25) is 0 Å². The summed E-state index contributed by atoms with van der Waals surface area (Å²) in [6.07, 6.45) is 2.09. The number of H-pyrrole nitrogens is 1. The lowest BCUT2D eigenvalue weighted by molar-refractivity contribution is -0.297. The van der Waals surface area contributed by atoms with Crippen molar-refractivity contribution in [2.45, 2.75) is 18.5 Å². The first-order valence-corrected chi connectivity index (χ1v) is 8.16. The molecule has 0 saturated carbocycles. The summed E-state index contributed by atoms with van der Waals surface area (Å²) >= 11 is 0.888. The highest BCUT2D eigenvalue weighted by molar-refractivity contribution is 8.04. The van der Waals surface area contributed by atoms with Gasteiger partial charge in [0.2, 0.25) is 10.9 Å². The molecule has 0 fully saturated rings. The fraction of sp³-hybridized carbons (Fsp3) is 0.312. The van der Waals surface area contributed by atoms with Gasteiger partial charge in [0.25, 0.3) is 0 Å². The lowest BCUT2D eigenvalue weighted by Crippen LogP contribution is -2.23. The molecule has 0 bridgehead atoms. The summed E-state index contributed by atoms with van der Waals surface area (Å²) in [5.74, 6) is 0.521. The molecule has 0 unspecified atom stereocenters. The zero-order chi connectivity index (χ0) is 18.4. The number of aryl methyl sites for hydroxylation is 1. The Kier molecular flexibility index (Phi) is 6.29. The molecule has 1 N–H and O–H groups in total. The van der Waals surface area contributed by atoms with Crippen LogP contribution < -0.4 is 19.3 Å². The molecule has 1 aromatic carbocycles. The molecule has 0 amide bonds. The van der Waals surface area contributed by atoms with Gasteiger partial charge in [0.15, 0.2) is 11.5 Å². The van der Waals surface area contributed by atoms with E-state index < -0.39 is 5.97 Å². The maximum absolute atomic E-state index is 11.5. The SMILES string of the molecule is CCc1nc(S/C(=C\c2ccc(OC)c(OC)c2OC)C(=O)[O-])n[nH]1. The minimum absolute atomic E-state index is 0.0628. The second kappa shape index (κ2) is 8.43. The number of aromatic nitrogens is 3. The third-order valence-electron chi connectivity index (χ3n) is 3.27. The van der Waals surface area contributed by atoms with Crippen LogP contribution in [-0.4, -0.2) is 42.5 Å². The molecule has 8 nitrogen and oxygen atoms in total. The van der Waals surface area contributed by atoms with E-state index in [0.717, 1.165) is 11.8 Å². The molecule has 25 heavy (non-hydrogen) atoms. The molecular weight excluding hydrogens is 346 g/mol. The lowest BCUT2D eigenvalue weighted by atomic mass is 10.1. The van der Waals surface area contributed by atoms with Crippen LogP contribution in [0.5, 0.6) is 17.2 Å². The molecule has 1 heterocycles. The van der Waals surface area contributed by atoms with Crippen molar-refractivity contribution in [3.63, 3.8) is 0 Å². The highest BCUT2D eigenvalue weighted by Crippen LogP contribution is 2.41. The zero-order valence-corrected chi connectivity index (χ0v) is 15.1. The Hall–Kier alpha value is -2.68. The number of methoxy groups -OCH3 is 3. The Morgan fingerprint density at radius 2 is 1.96 bits per heavy atom. The highest BCUT2D eigenvalue weighted by atomic mass is 32.2. The highest BCUT2D eigenvalue weighted by Gasteiger charge is 2.16. The van der Waals surface area contributed by atoms with Crippen molar-refractivity contribution < 1.29 is 24.1 Å².